The molecule has 1 rings (SSSR count). The number of nitrogens with one attached hydrogen (secondary N) is 1. The quantitative estimate of drug-likeness (QED) is 0.473. The number of esters is 1. The van der Waals surface area contributed by atoms with Crippen LogP contribution in [-0.2, 0) is 24.2 Å². The SMILES string of the molecule is COCCOCCOC(=O)c1n[nH]c(C)c1S(N)(=O)=O. The number of hydrogen-bond donors (Lipinski definition) is 2. The molecule has 0 aromatic carbocycles. The van der Waals surface area contributed by atoms with E-state index in [0.29, 0.717) is 13.2 Å². The van der Waals surface area contributed by atoms with Crippen molar-refractivity contribution < 1.29 is 27.4 Å². The van der Waals surface area contributed by atoms with E-state index in [1.54, 1.807) is 0 Å². The first-order valence-corrected chi connectivity index (χ1v) is 7.24. The monoisotopic (exact) mass is 307 g/mol. The van der Waals surface area contributed by atoms with E-state index in [2.05, 4.69) is 10.2 Å². The van der Waals surface area contributed by atoms with Gasteiger partial charge >= 0.3 is 5.97 Å². The van der Waals surface area contributed by atoms with Gasteiger partial charge in [-0.25, -0.2) is 18.4 Å². The number of carbonyl (C=O) groups is 1. The molecule has 0 atom stereocenters. The Balaban J connectivity index is 2.57. The fourth-order valence-corrected chi connectivity index (χ4v) is 2.28. The highest BCUT2D eigenvalue weighted by Gasteiger charge is 2.26. The van der Waals surface area contributed by atoms with Crippen molar-refractivity contribution in [3.63, 3.8) is 0 Å². The fourth-order valence-electron chi connectivity index (χ4n) is 1.41. The molecular formula is C10H17N3O6S. The van der Waals surface area contributed by atoms with E-state index in [4.69, 9.17) is 19.3 Å². The number of primary sulfonamides is 1. The number of sulfonamides is 1. The number of ether oxygens (including phenoxy) is 3. The van der Waals surface area contributed by atoms with Gasteiger partial charge in [-0.05, 0) is 6.92 Å². The molecule has 0 aliphatic heterocycles. The van der Waals surface area contributed by atoms with E-state index in [1.807, 2.05) is 0 Å². The molecule has 114 valence electrons. The molecule has 0 saturated carbocycles. The highest BCUT2D eigenvalue weighted by Crippen LogP contribution is 2.16. The van der Waals surface area contributed by atoms with Gasteiger partial charge in [0.2, 0.25) is 10.0 Å². The lowest BCUT2D eigenvalue weighted by molar-refractivity contribution is 0.0206. The molecule has 10 heteroatoms. The van der Waals surface area contributed by atoms with Crippen LogP contribution in [0.3, 0.4) is 0 Å². The van der Waals surface area contributed by atoms with Gasteiger partial charge in [-0.1, -0.05) is 0 Å². The number of nitrogens with zero attached hydrogens (tertiary/aromatic N) is 1. The van der Waals surface area contributed by atoms with Crippen molar-refractivity contribution in [1.82, 2.24) is 10.2 Å². The van der Waals surface area contributed by atoms with Gasteiger partial charge < -0.3 is 14.2 Å². The molecule has 1 aromatic rings. The van der Waals surface area contributed by atoms with Gasteiger partial charge in [0.05, 0.1) is 25.5 Å². The third-order valence-corrected chi connectivity index (χ3v) is 3.33. The zero-order chi connectivity index (χ0) is 15.2. The Kier molecular flexibility index (Phi) is 6.07. The molecule has 3 N–H and O–H groups in total. The molecule has 0 aliphatic rings. The highest BCUT2D eigenvalue weighted by molar-refractivity contribution is 7.89. The van der Waals surface area contributed by atoms with Crippen LogP contribution in [0.15, 0.2) is 4.90 Å². The number of nitrogens with two attached hydrogens (primary N) is 1. The van der Waals surface area contributed by atoms with Gasteiger partial charge in [0.1, 0.15) is 11.5 Å². The van der Waals surface area contributed by atoms with E-state index in [9.17, 15) is 13.2 Å². The van der Waals surface area contributed by atoms with Crippen LogP contribution in [-0.4, -0.2) is 58.1 Å². The van der Waals surface area contributed by atoms with E-state index in [1.165, 1.54) is 14.0 Å². The smallest absolute Gasteiger partial charge is 0.360 e. The molecule has 0 bridgehead atoms. The second-order valence-corrected chi connectivity index (χ2v) is 5.31. The van der Waals surface area contributed by atoms with Gasteiger partial charge in [0, 0.05) is 7.11 Å². The number of rotatable bonds is 8. The Hall–Kier alpha value is -1.49. The molecule has 0 unspecified atom stereocenters. The molecular weight excluding hydrogens is 290 g/mol. The molecule has 20 heavy (non-hydrogen) atoms. The Labute approximate surface area is 116 Å². The first kappa shape index (κ1) is 16.6. The minimum absolute atomic E-state index is 0.0293. The summed E-state index contributed by atoms with van der Waals surface area (Å²) >= 11 is 0. The van der Waals surface area contributed by atoms with Crippen LogP contribution in [0, 0.1) is 6.92 Å². The summed E-state index contributed by atoms with van der Waals surface area (Å²) in [4.78, 5) is 11.4. The Bertz CT molecular complexity index is 553. The Morgan fingerprint density at radius 2 is 1.95 bits per heavy atom. The molecule has 9 nitrogen and oxygen atoms in total. The van der Waals surface area contributed by atoms with Crippen LogP contribution < -0.4 is 5.14 Å². The first-order valence-electron chi connectivity index (χ1n) is 5.69. The lowest BCUT2D eigenvalue weighted by Gasteiger charge is -2.05. The van der Waals surface area contributed by atoms with Crippen LogP contribution in [0.2, 0.25) is 0 Å². The summed E-state index contributed by atoms with van der Waals surface area (Å²) in [6.07, 6.45) is 0. The maximum absolute atomic E-state index is 11.7. The van der Waals surface area contributed by atoms with E-state index >= 15 is 0 Å². The Morgan fingerprint density at radius 3 is 2.55 bits per heavy atom. The molecule has 1 aromatic heterocycles. The zero-order valence-corrected chi connectivity index (χ0v) is 12.0. The van der Waals surface area contributed by atoms with Gasteiger partial charge in [-0.15, -0.1) is 0 Å². The fraction of sp³-hybridized carbons (Fsp3) is 0.600. The highest BCUT2D eigenvalue weighted by atomic mass is 32.2. The summed E-state index contributed by atoms with van der Waals surface area (Å²) in [6.45, 7) is 2.39. The van der Waals surface area contributed by atoms with Crippen LogP contribution in [0.4, 0.5) is 0 Å². The van der Waals surface area contributed by atoms with Gasteiger partial charge in [-0.2, -0.15) is 5.10 Å². The topological polar surface area (TPSA) is 134 Å². The number of methoxy groups -OCH3 is 1. The maximum Gasteiger partial charge on any atom is 0.360 e. The average Bonchev–Trinajstić information content (AvgIpc) is 2.75. The van der Waals surface area contributed by atoms with Crippen molar-refractivity contribution in [2.75, 3.05) is 33.5 Å². The van der Waals surface area contributed by atoms with Gasteiger partial charge in [0.25, 0.3) is 0 Å². The van der Waals surface area contributed by atoms with Crippen LogP contribution in [0.1, 0.15) is 16.2 Å². The lowest BCUT2D eigenvalue weighted by Crippen LogP contribution is -2.19. The molecule has 0 saturated heterocycles. The molecule has 0 spiro atoms. The largest absolute Gasteiger partial charge is 0.458 e. The minimum Gasteiger partial charge on any atom is -0.458 e. The maximum atomic E-state index is 11.7. The lowest BCUT2D eigenvalue weighted by atomic mass is 10.4. The van der Waals surface area contributed by atoms with E-state index in [0.717, 1.165) is 0 Å². The van der Waals surface area contributed by atoms with Crippen molar-refractivity contribution in [3.8, 4) is 0 Å². The number of aryl methyl sites for hydroxylation is 1. The average molecular weight is 307 g/mol. The predicted octanol–water partition coefficient (Wildman–Crippen LogP) is -0.815. The van der Waals surface area contributed by atoms with Crippen molar-refractivity contribution in [2.24, 2.45) is 5.14 Å². The molecule has 1 heterocycles. The Morgan fingerprint density at radius 1 is 1.30 bits per heavy atom. The predicted molar refractivity (Wildman–Crippen MR) is 67.7 cm³/mol. The van der Waals surface area contributed by atoms with Crippen LogP contribution in [0.5, 0.6) is 0 Å². The third-order valence-electron chi connectivity index (χ3n) is 2.26. The van der Waals surface area contributed by atoms with Crippen LogP contribution in [0.25, 0.3) is 0 Å². The van der Waals surface area contributed by atoms with Crippen molar-refractivity contribution in [2.45, 2.75) is 11.8 Å². The number of aromatic amines is 1. The second-order valence-electron chi connectivity index (χ2n) is 3.81. The number of hydrogen-bond acceptors (Lipinski definition) is 7. The normalized spacial score (nSPS) is 11.6. The summed E-state index contributed by atoms with van der Waals surface area (Å²) in [5.74, 6) is -0.881. The van der Waals surface area contributed by atoms with E-state index < -0.39 is 16.0 Å². The molecule has 0 amide bonds. The van der Waals surface area contributed by atoms with Crippen molar-refractivity contribution in [3.05, 3.63) is 11.4 Å². The van der Waals surface area contributed by atoms with Crippen LogP contribution >= 0.6 is 0 Å². The summed E-state index contributed by atoms with van der Waals surface area (Å²) in [5, 5.41) is 11.0. The number of carbonyl (C=O) groups excluding carboxylic acids is 1. The second kappa shape index (κ2) is 7.33. The molecule has 0 fully saturated rings. The number of H-pyrrole nitrogens is 1. The third kappa shape index (κ3) is 4.56. The van der Waals surface area contributed by atoms with Crippen molar-refractivity contribution >= 4 is 16.0 Å². The van der Waals surface area contributed by atoms with E-state index in [-0.39, 0.29) is 29.5 Å². The summed E-state index contributed by atoms with van der Waals surface area (Å²) in [5.41, 5.74) is -0.183. The summed E-state index contributed by atoms with van der Waals surface area (Å²) in [6, 6.07) is 0. The van der Waals surface area contributed by atoms with Crippen molar-refractivity contribution in [1.29, 1.82) is 0 Å². The minimum atomic E-state index is -4.05. The molecule has 0 aliphatic carbocycles. The zero-order valence-electron chi connectivity index (χ0n) is 11.2. The number of aromatic nitrogens is 2. The first-order chi connectivity index (χ1) is 9.38. The summed E-state index contributed by atoms with van der Waals surface area (Å²) < 4.78 is 37.4. The summed E-state index contributed by atoms with van der Waals surface area (Å²) in [7, 11) is -2.51. The standard InChI is InChI=1S/C10H17N3O6S/c1-7-9(20(11,15)16)8(13-12-7)10(14)19-6-5-18-4-3-17-2/h3-6H2,1-2H3,(H,12,13)(H2,11,15,16). The molecule has 0 radical (unpaired) electrons. The van der Waals surface area contributed by atoms with Gasteiger partial charge in [-0.3, -0.25) is 5.10 Å². The van der Waals surface area contributed by atoms with Gasteiger partial charge in [0.15, 0.2) is 5.69 Å².